The number of nitrogens with one attached hydrogen (secondary N) is 4. The van der Waals surface area contributed by atoms with Gasteiger partial charge in [0, 0.05) is 12.1 Å². The molecule has 1 aromatic heterocycles. The molecule has 7 nitrogen and oxygen atoms in total. The van der Waals surface area contributed by atoms with Gasteiger partial charge in [-0.05, 0) is 0 Å². The lowest BCUT2D eigenvalue weighted by Gasteiger charge is -2.30. The zero-order valence-electron chi connectivity index (χ0n) is 7.87. The van der Waals surface area contributed by atoms with Crippen LogP contribution >= 0.6 is 0 Å². The van der Waals surface area contributed by atoms with Crippen LogP contribution in [0.1, 0.15) is 0 Å². The van der Waals surface area contributed by atoms with Gasteiger partial charge in [-0.3, -0.25) is 10.5 Å². The largest absolute Gasteiger partial charge is 0.341 e. The number of rotatable bonds is 3. The lowest BCUT2D eigenvalue weighted by atomic mass is 10.3. The van der Waals surface area contributed by atoms with Crippen molar-refractivity contribution in [3.63, 3.8) is 0 Å². The van der Waals surface area contributed by atoms with E-state index in [9.17, 15) is 0 Å². The maximum Gasteiger partial charge on any atom is 0.156 e. The van der Waals surface area contributed by atoms with Gasteiger partial charge in [-0.2, -0.15) is 5.10 Å². The number of hydrogen-bond donors (Lipinski definition) is 4. The molecule has 1 aromatic rings. The molecule has 78 valence electrons. The summed E-state index contributed by atoms with van der Waals surface area (Å²) in [5.41, 5.74) is 0. The van der Waals surface area contributed by atoms with Crippen LogP contribution in [-0.4, -0.2) is 29.5 Å². The molecule has 0 unspecified atom stereocenters. The van der Waals surface area contributed by atoms with Crippen LogP contribution in [0.2, 0.25) is 0 Å². The van der Waals surface area contributed by atoms with E-state index in [1.165, 1.54) is 0 Å². The first kappa shape index (κ1) is 8.30. The monoisotopic (exact) mass is 206 g/mol. The highest BCUT2D eigenvalue weighted by atomic mass is 16.5. The maximum absolute atomic E-state index is 7.16. The smallest absolute Gasteiger partial charge is 0.156 e. The first-order chi connectivity index (χ1) is 7.31. The Morgan fingerprint density at radius 1 is 1.53 bits per heavy atom. The van der Waals surface area contributed by atoms with E-state index in [0.29, 0.717) is 19.3 Å². The van der Waals surface area contributed by atoms with Crippen LogP contribution < -0.4 is 15.5 Å². The van der Waals surface area contributed by atoms with Crippen LogP contribution in [0, 0.1) is 5.41 Å². The van der Waals surface area contributed by atoms with Crippen molar-refractivity contribution in [1.82, 2.24) is 15.5 Å². The molecule has 15 heavy (non-hydrogen) atoms. The molecule has 0 aromatic carbocycles. The summed E-state index contributed by atoms with van der Waals surface area (Å²) in [7, 11) is 0. The second kappa shape index (κ2) is 2.99. The predicted molar refractivity (Wildman–Crippen MR) is 54.5 cm³/mol. The normalized spacial score (nSPS) is 18.8. The van der Waals surface area contributed by atoms with E-state index in [1.54, 1.807) is 6.08 Å². The Morgan fingerprint density at radius 3 is 2.93 bits per heavy atom. The molecule has 3 heterocycles. The molecule has 2 aliphatic heterocycles. The Hall–Kier alpha value is -2.02. The fraction of sp³-hybridized carbons (Fsp3) is 0.250. The molecule has 7 heteroatoms. The molecule has 0 radical (unpaired) electrons. The molecular weight excluding hydrogens is 196 g/mol. The van der Waals surface area contributed by atoms with Gasteiger partial charge in [-0.1, -0.05) is 0 Å². The van der Waals surface area contributed by atoms with Gasteiger partial charge in [0.05, 0.1) is 0 Å². The van der Waals surface area contributed by atoms with E-state index in [2.05, 4.69) is 20.8 Å². The first-order valence-electron chi connectivity index (χ1n) is 4.54. The van der Waals surface area contributed by atoms with Crippen LogP contribution in [0.5, 0.6) is 0 Å². The Bertz CT molecular complexity index is 432. The fourth-order valence-electron chi connectivity index (χ4n) is 1.35. The third-order valence-corrected chi connectivity index (χ3v) is 2.21. The van der Waals surface area contributed by atoms with Gasteiger partial charge < -0.3 is 20.3 Å². The Kier molecular flexibility index (Phi) is 1.65. The predicted octanol–water partition coefficient (Wildman–Crippen LogP) is -0.00493. The van der Waals surface area contributed by atoms with Crippen molar-refractivity contribution in [3.05, 3.63) is 18.0 Å². The number of ether oxygens (including phenoxy) is 1. The summed E-state index contributed by atoms with van der Waals surface area (Å²) in [5, 5.41) is 20.0. The van der Waals surface area contributed by atoms with Gasteiger partial charge in [0.2, 0.25) is 0 Å². The van der Waals surface area contributed by atoms with Crippen LogP contribution in [-0.2, 0) is 4.74 Å². The van der Waals surface area contributed by atoms with Crippen LogP contribution in [0.25, 0.3) is 0 Å². The summed E-state index contributed by atoms with van der Waals surface area (Å²) in [4.78, 5) is 1.99. The summed E-state index contributed by atoms with van der Waals surface area (Å²) in [6.07, 6.45) is 1.70. The molecule has 0 spiro atoms. The van der Waals surface area contributed by atoms with Crippen LogP contribution in [0.15, 0.2) is 18.0 Å². The van der Waals surface area contributed by atoms with Gasteiger partial charge in [0.15, 0.2) is 5.82 Å². The average Bonchev–Trinajstić information content (AvgIpc) is 2.47. The molecule has 0 saturated carbocycles. The van der Waals surface area contributed by atoms with Gasteiger partial charge in [-0.25, -0.2) is 0 Å². The molecule has 3 rings (SSSR count). The maximum atomic E-state index is 7.16. The molecule has 0 aliphatic carbocycles. The zero-order chi connectivity index (χ0) is 10.3. The minimum Gasteiger partial charge on any atom is -0.341 e. The van der Waals surface area contributed by atoms with Gasteiger partial charge >= 0.3 is 0 Å². The van der Waals surface area contributed by atoms with Gasteiger partial charge in [0.25, 0.3) is 0 Å². The SMILES string of the molecule is N=C1C=C(Nc2cc(N3COC3)n[nH]2)N1. The standard InChI is InChI=1S/C8H10N6O/c9-5-1-6(10-5)11-7-2-8(13-12-7)14-3-15-4-14/h1-2H,3-4H2,(H4,9,10,11,12,13). The van der Waals surface area contributed by atoms with Crippen LogP contribution in [0.4, 0.5) is 11.6 Å². The van der Waals surface area contributed by atoms with Gasteiger partial charge in [0.1, 0.15) is 30.9 Å². The van der Waals surface area contributed by atoms with E-state index in [-0.39, 0.29) is 0 Å². The second-order valence-corrected chi connectivity index (χ2v) is 3.36. The van der Waals surface area contributed by atoms with Gasteiger partial charge in [-0.15, -0.1) is 0 Å². The lowest BCUT2D eigenvalue weighted by molar-refractivity contribution is 0.0396. The third-order valence-electron chi connectivity index (χ3n) is 2.21. The van der Waals surface area contributed by atoms with Crippen molar-refractivity contribution in [2.75, 3.05) is 23.7 Å². The second-order valence-electron chi connectivity index (χ2n) is 3.36. The highest BCUT2D eigenvalue weighted by Crippen LogP contribution is 2.20. The summed E-state index contributed by atoms with van der Waals surface area (Å²) in [6, 6.07) is 1.90. The molecule has 4 N–H and O–H groups in total. The minimum atomic E-state index is 0.411. The highest BCUT2D eigenvalue weighted by molar-refractivity contribution is 5.99. The first-order valence-corrected chi connectivity index (χ1v) is 4.54. The summed E-state index contributed by atoms with van der Waals surface area (Å²) in [5.74, 6) is 2.87. The number of aromatic amines is 1. The molecule has 0 bridgehead atoms. The average molecular weight is 206 g/mol. The van der Waals surface area contributed by atoms with E-state index in [4.69, 9.17) is 10.1 Å². The highest BCUT2D eigenvalue weighted by Gasteiger charge is 2.18. The van der Waals surface area contributed by atoms with Crippen molar-refractivity contribution in [3.8, 4) is 0 Å². The summed E-state index contributed by atoms with van der Waals surface area (Å²) >= 11 is 0. The van der Waals surface area contributed by atoms with Crippen molar-refractivity contribution in [1.29, 1.82) is 5.41 Å². The molecule has 0 atom stereocenters. The zero-order valence-corrected chi connectivity index (χ0v) is 7.87. The number of nitrogens with zero attached hydrogens (tertiary/aromatic N) is 2. The Morgan fingerprint density at radius 2 is 2.33 bits per heavy atom. The minimum absolute atomic E-state index is 0.411. The summed E-state index contributed by atoms with van der Waals surface area (Å²) < 4.78 is 5.03. The van der Waals surface area contributed by atoms with Crippen LogP contribution in [0.3, 0.4) is 0 Å². The fourth-order valence-corrected chi connectivity index (χ4v) is 1.35. The van der Waals surface area contributed by atoms with E-state index < -0.39 is 0 Å². The van der Waals surface area contributed by atoms with Crippen molar-refractivity contribution < 1.29 is 4.74 Å². The number of anilines is 2. The molecular formula is C8H10N6O. The van der Waals surface area contributed by atoms with Crippen molar-refractivity contribution in [2.24, 2.45) is 0 Å². The summed E-state index contributed by atoms with van der Waals surface area (Å²) in [6.45, 7) is 1.19. The number of amidine groups is 1. The van der Waals surface area contributed by atoms with E-state index >= 15 is 0 Å². The third kappa shape index (κ3) is 1.42. The molecule has 1 fully saturated rings. The van der Waals surface area contributed by atoms with E-state index in [1.807, 2.05) is 11.0 Å². The molecule has 0 amide bonds. The number of H-pyrrole nitrogens is 1. The number of hydrogen-bond acceptors (Lipinski definition) is 5. The topological polar surface area (TPSA) is 89.1 Å². The van der Waals surface area contributed by atoms with Crippen molar-refractivity contribution in [2.45, 2.75) is 0 Å². The quantitative estimate of drug-likeness (QED) is 0.558. The Labute approximate surface area is 85.6 Å². The molecule has 1 saturated heterocycles. The molecule has 2 aliphatic rings. The number of aromatic nitrogens is 2. The van der Waals surface area contributed by atoms with Crippen molar-refractivity contribution >= 4 is 17.5 Å². The van der Waals surface area contributed by atoms with E-state index in [0.717, 1.165) is 17.5 Å². The lowest BCUT2D eigenvalue weighted by Crippen LogP contribution is -2.40. The Balaban J connectivity index is 1.68.